The average molecular weight is 580 g/mol. The van der Waals surface area contributed by atoms with Gasteiger partial charge in [0.25, 0.3) is 20.0 Å². The smallest absolute Gasteiger partial charge is 0.263 e. The number of para-hydroxylation sites is 1. The molecule has 2 N–H and O–H groups in total. The minimum atomic E-state index is -3.92. The van der Waals surface area contributed by atoms with Crippen LogP contribution in [0.5, 0.6) is 0 Å². The van der Waals surface area contributed by atoms with Gasteiger partial charge in [-0.2, -0.15) is 5.10 Å². The minimum Gasteiger partial charge on any atom is -0.280 e. The van der Waals surface area contributed by atoms with E-state index < -0.39 is 20.0 Å². The Labute approximate surface area is 199 Å². The van der Waals surface area contributed by atoms with Crippen LogP contribution in [0.1, 0.15) is 0 Å². The van der Waals surface area contributed by atoms with Crippen molar-refractivity contribution in [2.45, 2.75) is 9.79 Å². The molecule has 0 saturated heterocycles. The maximum absolute atomic E-state index is 12.8. The number of anilines is 2. The van der Waals surface area contributed by atoms with Gasteiger partial charge in [0, 0.05) is 15.3 Å². The summed E-state index contributed by atoms with van der Waals surface area (Å²) in [7, 11) is -7.71. The number of nitrogens with one attached hydrogen (secondary N) is 2. The molecule has 4 aromatic rings. The van der Waals surface area contributed by atoms with E-state index in [1.54, 1.807) is 30.3 Å². The van der Waals surface area contributed by atoms with Gasteiger partial charge in [-0.15, -0.1) is 0 Å². The molecular weight excluding hydrogens is 563 g/mol. The summed E-state index contributed by atoms with van der Waals surface area (Å²) in [6.07, 6.45) is 1.49. The van der Waals surface area contributed by atoms with E-state index in [1.807, 2.05) is 18.2 Å². The third kappa shape index (κ3) is 4.95. The van der Waals surface area contributed by atoms with E-state index in [1.165, 1.54) is 47.3 Å². The molecular formula is C21H17IN4O4S2. The number of benzene rings is 3. The van der Waals surface area contributed by atoms with Gasteiger partial charge < -0.3 is 0 Å². The normalized spacial score (nSPS) is 11.8. The second kappa shape index (κ2) is 8.92. The van der Waals surface area contributed by atoms with Gasteiger partial charge >= 0.3 is 0 Å². The second-order valence-electron chi connectivity index (χ2n) is 6.65. The van der Waals surface area contributed by atoms with Crippen molar-refractivity contribution in [3.63, 3.8) is 0 Å². The van der Waals surface area contributed by atoms with Crippen LogP contribution in [0.15, 0.2) is 101 Å². The van der Waals surface area contributed by atoms with Gasteiger partial charge in [0.05, 0.1) is 21.7 Å². The minimum absolute atomic E-state index is 0.0180. The van der Waals surface area contributed by atoms with Crippen molar-refractivity contribution in [2.24, 2.45) is 0 Å². The highest BCUT2D eigenvalue weighted by atomic mass is 127. The predicted octanol–water partition coefficient (Wildman–Crippen LogP) is 4.08. The lowest BCUT2D eigenvalue weighted by atomic mass is 10.3. The lowest BCUT2D eigenvalue weighted by molar-refractivity contribution is 0.599. The van der Waals surface area contributed by atoms with Gasteiger partial charge in [0.15, 0.2) is 0 Å². The molecule has 0 aliphatic rings. The van der Waals surface area contributed by atoms with Crippen molar-refractivity contribution in [3.8, 4) is 5.69 Å². The molecule has 3 aromatic carbocycles. The number of halogens is 1. The highest BCUT2D eigenvalue weighted by Gasteiger charge is 2.18. The van der Waals surface area contributed by atoms with Crippen LogP contribution in [0, 0.1) is 3.57 Å². The Hall–Kier alpha value is -2.90. The molecule has 0 spiro atoms. The van der Waals surface area contributed by atoms with Gasteiger partial charge in [0.2, 0.25) is 0 Å². The van der Waals surface area contributed by atoms with Crippen molar-refractivity contribution in [3.05, 3.63) is 94.7 Å². The highest BCUT2D eigenvalue weighted by Crippen LogP contribution is 2.22. The second-order valence-corrected chi connectivity index (χ2v) is 11.3. The molecule has 0 unspecified atom stereocenters. The number of hydrogen-bond acceptors (Lipinski definition) is 5. The van der Waals surface area contributed by atoms with Crippen LogP contribution >= 0.6 is 22.6 Å². The topological polar surface area (TPSA) is 110 Å². The third-order valence-electron chi connectivity index (χ3n) is 4.42. The number of nitrogens with zero attached hydrogens (tertiary/aromatic N) is 2. The van der Waals surface area contributed by atoms with Crippen LogP contribution < -0.4 is 9.44 Å². The molecule has 0 radical (unpaired) electrons. The van der Waals surface area contributed by atoms with Crippen LogP contribution in [-0.2, 0) is 20.0 Å². The first-order valence-electron chi connectivity index (χ1n) is 9.25. The fourth-order valence-electron chi connectivity index (χ4n) is 2.88. The molecule has 164 valence electrons. The molecule has 11 heteroatoms. The number of rotatable bonds is 7. The van der Waals surface area contributed by atoms with E-state index in [9.17, 15) is 16.8 Å². The third-order valence-corrected chi connectivity index (χ3v) is 7.91. The van der Waals surface area contributed by atoms with E-state index in [0.717, 1.165) is 3.57 Å². The molecule has 1 aromatic heterocycles. The summed E-state index contributed by atoms with van der Waals surface area (Å²) in [6.45, 7) is 0. The fraction of sp³-hybridized carbons (Fsp3) is 0. The molecule has 0 saturated carbocycles. The summed E-state index contributed by atoms with van der Waals surface area (Å²) in [5, 5.41) is 4.17. The highest BCUT2D eigenvalue weighted by molar-refractivity contribution is 14.1. The number of aromatic nitrogens is 2. The van der Waals surface area contributed by atoms with Crippen LogP contribution in [0.4, 0.5) is 11.5 Å². The molecule has 4 rings (SSSR count). The summed E-state index contributed by atoms with van der Waals surface area (Å²) in [5.74, 6) is 0.277. The van der Waals surface area contributed by atoms with Crippen LogP contribution in [0.2, 0.25) is 0 Å². The van der Waals surface area contributed by atoms with E-state index in [0.29, 0.717) is 5.69 Å². The number of sulfonamides is 2. The Kier molecular flexibility index (Phi) is 6.22. The molecule has 8 nitrogen and oxygen atoms in total. The lowest BCUT2D eigenvalue weighted by Gasteiger charge is -2.12. The quantitative estimate of drug-likeness (QED) is 0.321. The van der Waals surface area contributed by atoms with E-state index in [4.69, 9.17) is 0 Å². The van der Waals surface area contributed by atoms with Gasteiger partial charge in [0.1, 0.15) is 5.82 Å². The molecule has 0 aliphatic heterocycles. The maximum atomic E-state index is 12.8. The average Bonchev–Trinajstić information content (AvgIpc) is 3.22. The van der Waals surface area contributed by atoms with E-state index in [-0.39, 0.29) is 21.3 Å². The SMILES string of the molecule is O=S(=O)(Nc1ccc(S(=O)(=O)Nc2ccnn2-c2ccccc2)cc1)c1ccc(I)cc1. The summed E-state index contributed by atoms with van der Waals surface area (Å²) < 4.78 is 58.1. The van der Waals surface area contributed by atoms with Crippen molar-refractivity contribution in [1.29, 1.82) is 0 Å². The fourth-order valence-corrected chi connectivity index (χ4v) is 5.34. The summed E-state index contributed by atoms with van der Waals surface area (Å²) in [4.78, 5) is 0.0981. The first kappa shape index (κ1) is 22.3. The molecule has 0 aliphatic carbocycles. The van der Waals surface area contributed by atoms with E-state index in [2.05, 4.69) is 37.1 Å². The molecule has 32 heavy (non-hydrogen) atoms. The molecule has 0 bridgehead atoms. The predicted molar refractivity (Wildman–Crippen MR) is 131 cm³/mol. The Balaban J connectivity index is 1.53. The Bertz CT molecular complexity index is 1440. The van der Waals surface area contributed by atoms with Crippen molar-refractivity contribution in [1.82, 2.24) is 9.78 Å². The Morgan fingerprint density at radius 3 is 1.88 bits per heavy atom. The zero-order chi connectivity index (χ0) is 22.8. The van der Waals surface area contributed by atoms with Gasteiger partial charge in [-0.25, -0.2) is 21.5 Å². The molecule has 0 fully saturated rings. The standard InChI is InChI=1S/C21H17IN4O4S2/c22-16-6-10-19(11-7-16)31(27,28)24-17-8-12-20(13-9-17)32(29,30)25-21-14-15-23-26(21)18-4-2-1-3-5-18/h1-15,24-25H. The summed E-state index contributed by atoms with van der Waals surface area (Å²) >= 11 is 2.09. The maximum Gasteiger partial charge on any atom is 0.263 e. The Morgan fingerprint density at radius 2 is 1.25 bits per heavy atom. The molecule has 0 atom stereocenters. The molecule has 1 heterocycles. The largest absolute Gasteiger partial charge is 0.280 e. The van der Waals surface area contributed by atoms with Crippen molar-refractivity contribution in [2.75, 3.05) is 9.44 Å². The van der Waals surface area contributed by atoms with Gasteiger partial charge in [-0.1, -0.05) is 18.2 Å². The zero-order valence-corrected chi connectivity index (χ0v) is 20.2. The van der Waals surface area contributed by atoms with E-state index >= 15 is 0 Å². The first-order chi connectivity index (χ1) is 15.2. The summed E-state index contributed by atoms with van der Waals surface area (Å²) in [5.41, 5.74) is 0.951. The van der Waals surface area contributed by atoms with Crippen LogP contribution in [0.25, 0.3) is 5.69 Å². The monoisotopic (exact) mass is 580 g/mol. The summed E-state index contributed by atoms with van der Waals surface area (Å²) in [6, 6.07) is 22.5. The van der Waals surface area contributed by atoms with Crippen LogP contribution in [0.3, 0.4) is 0 Å². The zero-order valence-electron chi connectivity index (χ0n) is 16.4. The van der Waals surface area contributed by atoms with Crippen LogP contribution in [-0.4, -0.2) is 26.6 Å². The van der Waals surface area contributed by atoms with Gasteiger partial charge in [-0.05, 0) is 83.3 Å². The first-order valence-corrected chi connectivity index (χ1v) is 13.3. The Morgan fingerprint density at radius 1 is 0.688 bits per heavy atom. The lowest BCUT2D eigenvalue weighted by Crippen LogP contribution is -2.16. The van der Waals surface area contributed by atoms with Crippen molar-refractivity contribution >= 4 is 54.1 Å². The van der Waals surface area contributed by atoms with Gasteiger partial charge in [-0.3, -0.25) is 9.44 Å². The number of hydrogen-bond donors (Lipinski definition) is 2. The van der Waals surface area contributed by atoms with Crippen molar-refractivity contribution < 1.29 is 16.8 Å². The molecule has 0 amide bonds.